The van der Waals surface area contributed by atoms with Crippen molar-refractivity contribution in [1.29, 1.82) is 0 Å². The number of methoxy groups -OCH3 is 1. The van der Waals surface area contributed by atoms with Gasteiger partial charge in [0, 0.05) is 41.2 Å². The second kappa shape index (κ2) is 6.66. The van der Waals surface area contributed by atoms with Crippen molar-refractivity contribution < 1.29 is 18.7 Å². The zero-order valence-electron chi connectivity index (χ0n) is 17.1. The largest absolute Gasteiger partial charge is 0.497 e. The third-order valence-corrected chi connectivity index (χ3v) is 5.48. The molecular formula is C23H21N3O4. The molecule has 1 unspecified atom stereocenters. The molecule has 0 saturated heterocycles. The highest BCUT2D eigenvalue weighted by Gasteiger charge is 2.25. The number of hydrogen-bond acceptors (Lipinski definition) is 6. The molecule has 1 N–H and O–H groups in total. The SMILES string of the molecule is COc1ccc2oc(-c3cc4c(c5c3C=CN(C)NC=5)=NC(=O)C(C)O4)c(C)c2c1. The second-order valence-electron chi connectivity index (χ2n) is 7.43. The number of nitrogens with one attached hydrogen (secondary N) is 1. The van der Waals surface area contributed by atoms with E-state index in [1.165, 1.54) is 0 Å². The minimum atomic E-state index is -0.624. The third-order valence-electron chi connectivity index (χ3n) is 5.48. The smallest absolute Gasteiger partial charge is 0.287 e. The van der Waals surface area contributed by atoms with Gasteiger partial charge in [0.2, 0.25) is 0 Å². The maximum Gasteiger partial charge on any atom is 0.287 e. The fourth-order valence-electron chi connectivity index (χ4n) is 3.82. The number of hydrazine groups is 1. The molecule has 1 atom stereocenters. The quantitative estimate of drug-likeness (QED) is 0.709. The van der Waals surface area contributed by atoms with Crippen molar-refractivity contribution in [2.45, 2.75) is 20.0 Å². The molecule has 5 rings (SSSR count). The molecular weight excluding hydrogens is 382 g/mol. The summed E-state index contributed by atoms with van der Waals surface area (Å²) in [5.74, 6) is 1.78. The lowest BCUT2D eigenvalue weighted by Gasteiger charge is -2.18. The van der Waals surface area contributed by atoms with Crippen LogP contribution >= 0.6 is 0 Å². The van der Waals surface area contributed by atoms with E-state index < -0.39 is 6.10 Å². The summed E-state index contributed by atoms with van der Waals surface area (Å²) in [4.78, 5) is 16.5. The predicted octanol–water partition coefficient (Wildman–Crippen LogP) is 2.50. The minimum Gasteiger partial charge on any atom is -0.497 e. The van der Waals surface area contributed by atoms with E-state index in [0.717, 1.165) is 44.4 Å². The minimum absolute atomic E-state index is 0.292. The fraction of sp³-hybridized carbons (Fsp3) is 0.217. The lowest BCUT2D eigenvalue weighted by molar-refractivity contribution is -0.124. The number of nitrogens with zero attached hydrogens (tertiary/aromatic N) is 2. The highest BCUT2D eigenvalue weighted by Crippen LogP contribution is 2.37. The molecule has 3 heterocycles. The van der Waals surface area contributed by atoms with E-state index in [-0.39, 0.29) is 5.91 Å². The summed E-state index contributed by atoms with van der Waals surface area (Å²) in [5.41, 5.74) is 6.71. The number of amides is 1. The predicted molar refractivity (Wildman–Crippen MR) is 113 cm³/mol. The van der Waals surface area contributed by atoms with Gasteiger partial charge in [-0.05, 0) is 49.8 Å². The van der Waals surface area contributed by atoms with Crippen molar-refractivity contribution >= 4 is 29.2 Å². The first kappa shape index (κ1) is 18.3. The second-order valence-corrected chi connectivity index (χ2v) is 7.43. The van der Waals surface area contributed by atoms with Crippen LogP contribution in [0.1, 0.15) is 18.1 Å². The zero-order valence-corrected chi connectivity index (χ0v) is 17.1. The van der Waals surface area contributed by atoms with Gasteiger partial charge in [0.1, 0.15) is 28.2 Å². The lowest BCUT2D eigenvalue weighted by atomic mass is 9.98. The lowest BCUT2D eigenvalue weighted by Crippen LogP contribution is -2.40. The number of ether oxygens (including phenoxy) is 2. The molecule has 3 aromatic rings. The van der Waals surface area contributed by atoms with Crippen molar-refractivity contribution in [2.75, 3.05) is 14.2 Å². The average Bonchev–Trinajstić information content (AvgIpc) is 2.93. The normalized spacial score (nSPS) is 17.3. The summed E-state index contributed by atoms with van der Waals surface area (Å²) in [7, 11) is 3.54. The van der Waals surface area contributed by atoms with Crippen LogP contribution in [-0.4, -0.2) is 31.2 Å². The molecule has 30 heavy (non-hydrogen) atoms. The van der Waals surface area contributed by atoms with Gasteiger partial charge in [-0.1, -0.05) is 0 Å². The highest BCUT2D eigenvalue weighted by molar-refractivity contribution is 5.91. The molecule has 0 aliphatic carbocycles. The van der Waals surface area contributed by atoms with Gasteiger partial charge in [0.25, 0.3) is 5.91 Å². The van der Waals surface area contributed by atoms with Gasteiger partial charge in [0.15, 0.2) is 6.10 Å². The molecule has 2 aliphatic heterocycles. The number of carbonyl (C=O) groups is 1. The highest BCUT2D eigenvalue weighted by atomic mass is 16.5. The molecule has 1 amide bonds. The van der Waals surface area contributed by atoms with Gasteiger partial charge in [-0.15, -0.1) is 0 Å². The standard InChI is InChI=1S/C23H21N3O4/c1-12-16-9-14(28-4)5-6-19(16)30-22(12)17-10-20-21(25-23(27)13(2)29-20)18-11-24-26(3)8-7-15(17)18/h5-11,13,24H,1-4H3. The maximum absolute atomic E-state index is 12.2. The molecule has 7 heteroatoms. The summed E-state index contributed by atoms with van der Waals surface area (Å²) >= 11 is 0. The molecule has 7 nitrogen and oxygen atoms in total. The van der Waals surface area contributed by atoms with Crippen LogP contribution in [0.25, 0.3) is 34.6 Å². The van der Waals surface area contributed by atoms with Crippen LogP contribution in [0.3, 0.4) is 0 Å². The van der Waals surface area contributed by atoms with Crippen LogP contribution < -0.4 is 25.5 Å². The Labute approximate surface area is 172 Å². The number of aryl methyl sites for hydroxylation is 1. The van der Waals surface area contributed by atoms with E-state index in [9.17, 15) is 4.79 Å². The van der Waals surface area contributed by atoms with Gasteiger partial charge in [-0.3, -0.25) is 9.80 Å². The number of furan rings is 1. The molecule has 0 bridgehead atoms. The maximum atomic E-state index is 12.2. The molecule has 0 spiro atoms. The summed E-state index contributed by atoms with van der Waals surface area (Å²) in [6.07, 6.45) is 5.09. The van der Waals surface area contributed by atoms with Crippen LogP contribution in [0.15, 0.2) is 39.9 Å². The van der Waals surface area contributed by atoms with Crippen molar-refractivity contribution in [3.8, 4) is 22.8 Å². The van der Waals surface area contributed by atoms with Crippen LogP contribution in [0.5, 0.6) is 11.5 Å². The van der Waals surface area contributed by atoms with Crippen LogP contribution in [-0.2, 0) is 4.79 Å². The Bertz CT molecular complexity index is 1350. The number of carbonyl (C=O) groups excluding carboxylic acids is 1. The van der Waals surface area contributed by atoms with Gasteiger partial charge >= 0.3 is 0 Å². The topological polar surface area (TPSA) is 76.3 Å². The molecule has 152 valence electrons. The number of rotatable bonds is 2. The zero-order chi connectivity index (χ0) is 21.0. The Balaban J connectivity index is 1.85. The Morgan fingerprint density at radius 3 is 2.90 bits per heavy atom. The molecule has 2 aromatic carbocycles. The van der Waals surface area contributed by atoms with E-state index >= 15 is 0 Å². The average molecular weight is 403 g/mol. The van der Waals surface area contributed by atoms with Crippen LogP contribution in [0, 0.1) is 6.92 Å². The van der Waals surface area contributed by atoms with Crippen LogP contribution in [0.4, 0.5) is 0 Å². The Hall–Kier alpha value is -3.74. The molecule has 0 saturated carbocycles. The van der Waals surface area contributed by atoms with E-state index in [2.05, 4.69) is 10.4 Å². The monoisotopic (exact) mass is 403 g/mol. The summed E-state index contributed by atoms with van der Waals surface area (Å²) < 4.78 is 17.5. The molecule has 0 radical (unpaired) electrons. The Morgan fingerprint density at radius 1 is 1.27 bits per heavy atom. The summed E-state index contributed by atoms with van der Waals surface area (Å²) in [5, 5.41) is 4.11. The first-order valence-corrected chi connectivity index (χ1v) is 9.67. The number of benzene rings is 2. The van der Waals surface area contributed by atoms with Crippen LogP contribution in [0.2, 0.25) is 0 Å². The molecule has 2 aliphatic rings. The third kappa shape index (κ3) is 2.74. The number of hydrogen-bond donors (Lipinski definition) is 1. The first-order chi connectivity index (χ1) is 14.5. The first-order valence-electron chi connectivity index (χ1n) is 9.67. The van der Waals surface area contributed by atoms with Gasteiger partial charge in [-0.25, -0.2) is 4.99 Å². The fourth-order valence-corrected chi connectivity index (χ4v) is 3.82. The van der Waals surface area contributed by atoms with E-state index in [1.54, 1.807) is 14.0 Å². The van der Waals surface area contributed by atoms with Crippen molar-refractivity contribution in [1.82, 2.24) is 10.4 Å². The molecule has 1 aromatic heterocycles. The van der Waals surface area contributed by atoms with Gasteiger partial charge in [-0.2, -0.15) is 0 Å². The summed E-state index contributed by atoms with van der Waals surface area (Å²) in [6, 6.07) is 7.67. The Morgan fingerprint density at radius 2 is 2.10 bits per heavy atom. The Kier molecular flexibility index (Phi) is 4.06. The van der Waals surface area contributed by atoms with Crippen molar-refractivity contribution in [3.63, 3.8) is 0 Å². The van der Waals surface area contributed by atoms with Crippen molar-refractivity contribution in [3.05, 3.63) is 52.2 Å². The summed E-state index contributed by atoms with van der Waals surface area (Å²) in [6.45, 7) is 3.73. The van der Waals surface area contributed by atoms with Gasteiger partial charge in [0.05, 0.1) is 7.11 Å². The van der Waals surface area contributed by atoms with Gasteiger partial charge < -0.3 is 19.3 Å². The van der Waals surface area contributed by atoms with Crippen molar-refractivity contribution in [2.24, 2.45) is 4.99 Å². The van der Waals surface area contributed by atoms with E-state index in [0.29, 0.717) is 11.1 Å². The van der Waals surface area contributed by atoms with E-state index in [4.69, 9.17) is 13.9 Å². The number of fused-ring (bicyclic) bond motifs is 4. The van der Waals surface area contributed by atoms with E-state index in [1.807, 2.05) is 61.7 Å². The molecule has 0 fully saturated rings.